The van der Waals surface area contributed by atoms with Crippen molar-refractivity contribution in [1.29, 1.82) is 0 Å². The van der Waals surface area contributed by atoms with Crippen LogP contribution in [0.3, 0.4) is 0 Å². The van der Waals surface area contributed by atoms with E-state index in [-0.39, 0.29) is 0 Å². The first-order valence-corrected chi connectivity index (χ1v) is 8.73. The van der Waals surface area contributed by atoms with Crippen LogP contribution in [0.15, 0.2) is 30.3 Å². The van der Waals surface area contributed by atoms with Gasteiger partial charge in [0.2, 0.25) is 0 Å². The first-order valence-electron chi connectivity index (χ1n) is 8.73. The van der Waals surface area contributed by atoms with Crippen LogP contribution < -0.4 is 5.32 Å². The fraction of sp³-hybridized carbons (Fsp3) is 0.684. The van der Waals surface area contributed by atoms with E-state index in [9.17, 15) is 0 Å². The summed E-state index contributed by atoms with van der Waals surface area (Å²) in [6.07, 6.45) is 6.78. The van der Waals surface area contributed by atoms with Crippen molar-refractivity contribution in [3.8, 4) is 0 Å². The number of likely N-dealkylation sites (tertiary alicyclic amines) is 1. The van der Waals surface area contributed by atoms with E-state index in [0.717, 1.165) is 5.92 Å². The lowest BCUT2D eigenvalue weighted by molar-refractivity contribution is 0.154. The SMILES string of the molecule is CC1CN(C)CCC1NC1CCCCC1c1ccccc1. The Morgan fingerprint density at radius 2 is 1.76 bits per heavy atom. The van der Waals surface area contributed by atoms with Crippen molar-refractivity contribution in [3.05, 3.63) is 35.9 Å². The van der Waals surface area contributed by atoms with Crippen LogP contribution in [-0.4, -0.2) is 37.1 Å². The maximum Gasteiger partial charge on any atom is 0.0138 e. The van der Waals surface area contributed by atoms with Gasteiger partial charge in [-0.2, -0.15) is 0 Å². The summed E-state index contributed by atoms with van der Waals surface area (Å²) >= 11 is 0. The van der Waals surface area contributed by atoms with Gasteiger partial charge in [-0.25, -0.2) is 0 Å². The van der Waals surface area contributed by atoms with Crippen LogP contribution in [0.25, 0.3) is 0 Å². The number of rotatable bonds is 3. The van der Waals surface area contributed by atoms with Crippen molar-refractivity contribution >= 4 is 0 Å². The molecule has 0 amide bonds. The lowest BCUT2D eigenvalue weighted by Gasteiger charge is -2.41. The second-order valence-corrected chi connectivity index (χ2v) is 7.21. The average Bonchev–Trinajstić information content (AvgIpc) is 2.51. The highest BCUT2D eigenvalue weighted by Crippen LogP contribution is 2.34. The fourth-order valence-electron chi connectivity index (χ4n) is 4.31. The Balaban J connectivity index is 1.67. The Kier molecular flexibility index (Phi) is 4.97. The van der Waals surface area contributed by atoms with Gasteiger partial charge in [0.1, 0.15) is 0 Å². The molecule has 1 aromatic carbocycles. The maximum absolute atomic E-state index is 4.05. The molecule has 0 bridgehead atoms. The van der Waals surface area contributed by atoms with Crippen molar-refractivity contribution in [3.63, 3.8) is 0 Å². The Bertz CT molecular complexity index is 430. The largest absolute Gasteiger partial charge is 0.310 e. The molecule has 1 aromatic rings. The molecule has 1 saturated heterocycles. The van der Waals surface area contributed by atoms with Crippen LogP contribution in [0.5, 0.6) is 0 Å². The third-order valence-electron chi connectivity index (χ3n) is 5.53. The Labute approximate surface area is 129 Å². The summed E-state index contributed by atoms with van der Waals surface area (Å²) in [6.45, 7) is 4.89. The maximum atomic E-state index is 4.05. The third-order valence-corrected chi connectivity index (χ3v) is 5.53. The van der Waals surface area contributed by atoms with Crippen LogP contribution in [0.1, 0.15) is 50.5 Å². The second-order valence-electron chi connectivity index (χ2n) is 7.21. The van der Waals surface area contributed by atoms with E-state index in [1.54, 1.807) is 0 Å². The molecule has 21 heavy (non-hydrogen) atoms. The van der Waals surface area contributed by atoms with E-state index < -0.39 is 0 Å². The Morgan fingerprint density at radius 1 is 1.00 bits per heavy atom. The van der Waals surface area contributed by atoms with E-state index in [4.69, 9.17) is 0 Å². The third kappa shape index (κ3) is 3.67. The van der Waals surface area contributed by atoms with Gasteiger partial charge in [-0.1, -0.05) is 50.1 Å². The molecule has 1 N–H and O–H groups in total. The second kappa shape index (κ2) is 6.93. The van der Waals surface area contributed by atoms with Crippen LogP contribution in [0.2, 0.25) is 0 Å². The highest BCUT2D eigenvalue weighted by molar-refractivity contribution is 5.22. The molecule has 2 heteroatoms. The zero-order chi connectivity index (χ0) is 14.7. The van der Waals surface area contributed by atoms with E-state index in [0.29, 0.717) is 18.0 Å². The quantitative estimate of drug-likeness (QED) is 0.912. The van der Waals surface area contributed by atoms with Gasteiger partial charge in [0, 0.05) is 18.6 Å². The molecule has 0 radical (unpaired) electrons. The van der Waals surface area contributed by atoms with Crippen LogP contribution >= 0.6 is 0 Å². The minimum absolute atomic E-state index is 0.678. The van der Waals surface area contributed by atoms with Gasteiger partial charge in [-0.05, 0) is 50.3 Å². The normalized spacial score (nSPS) is 34.8. The number of nitrogens with one attached hydrogen (secondary N) is 1. The first kappa shape index (κ1) is 15.1. The molecular weight excluding hydrogens is 256 g/mol. The highest BCUT2D eigenvalue weighted by Gasteiger charge is 2.31. The van der Waals surface area contributed by atoms with E-state index in [2.05, 4.69) is 54.5 Å². The molecular formula is C19H30N2. The van der Waals surface area contributed by atoms with Crippen molar-refractivity contribution in [2.75, 3.05) is 20.1 Å². The molecule has 1 saturated carbocycles. The summed E-state index contributed by atoms with van der Waals surface area (Å²) in [5.41, 5.74) is 1.54. The van der Waals surface area contributed by atoms with Crippen LogP contribution in [0.4, 0.5) is 0 Å². The Hall–Kier alpha value is -0.860. The standard InChI is InChI=1S/C19H30N2/c1-15-14-21(2)13-12-18(15)20-19-11-7-6-10-17(19)16-8-4-3-5-9-16/h3-5,8-9,15,17-20H,6-7,10-14H2,1-2H3. The lowest BCUT2D eigenvalue weighted by atomic mass is 9.79. The highest BCUT2D eigenvalue weighted by atomic mass is 15.1. The van der Waals surface area contributed by atoms with E-state index in [1.165, 1.54) is 50.8 Å². The molecule has 1 heterocycles. The molecule has 1 aliphatic carbocycles. The van der Waals surface area contributed by atoms with Crippen molar-refractivity contribution in [1.82, 2.24) is 10.2 Å². The first-order chi connectivity index (χ1) is 10.2. The molecule has 4 atom stereocenters. The van der Waals surface area contributed by atoms with Gasteiger partial charge in [-0.15, -0.1) is 0 Å². The predicted molar refractivity (Wildman–Crippen MR) is 89.6 cm³/mol. The van der Waals surface area contributed by atoms with Crippen LogP contribution in [0, 0.1) is 5.92 Å². The number of hydrogen-bond donors (Lipinski definition) is 1. The number of nitrogens with zero attached hydrogens (tertiary/aromatic N) is 1. The number of piperidine rings is 1. The minimum Gasteiger partial charge on any atom is -0.310 e. The van der Waals surface area contributed by atoms with Gasteiger partial charge in [0.05, 0.1) is 0 Å². The molecule has 2 nitrogen and oxygen atoms in total. The van der Waals surface area contributed by atoms with Crippen LogP contribution in [-0.2, 0) is 0 Å². The number of benzene rings is 1. The summed E-state index contributed by atoms with van der Waals surface area (Å²) in [6, 6.07) is 12.5. The molecule has 4 unspecified atom stereocenters. The molecule has 2 aliphatic rings. The zero-order valence-electron chi connectivity index (χ0n) is 13.6. The van der Waals surface area contributed by atoms with Crippen molar-refractivity contribution in [2.45, 2.75) is 57.0 Å². The molecule has 116 valence electrons. The summed E-state index contributed by atoms with van der Waals surface area (Å²) in [5.74, 6) is 1.48. The topological polar surface area (TPSA) is 15.3 Å². The summed E-state index contributed by atoms with van der Waals surface area (Å²) < 4.78 is 0. The van der Waals surface area contributed by atoms with Crippen molar-refractivity contribution < 1.29 is 0 Å². The molecule has 3 rings (SSSR count). The van der Waals surface area contributed by atoms with Gasteiger partial charge < -0.3 is 10.2 Å². The Morgan fingerprint density at radius 3 is 2.52 bits per heavy atom. The molecule has 0 aromatic heterocycles. The molecule has 0 spiro atoms. The van der Waals surface area contributed by atoms with Gasteiger partial charge in [-0.3, -0.25) is 0 Å². The van der Waals surface area contributed by atoms with Gasteiger partial charge in [0.25, 0.3) is 0 Å². The summed E-state index contributed by atoms with van der Waals surface area (Å²) in [4.78, 5) is 2.47. The molecule has 1 aliphatic heterocycles. The molecule has 2 fully saturated rings. The number of hydrogen-bond acceptors (Lipinski definition) is 2. The monoisotopic (exact) mass is 286 g/mol. The minimum atomic E-state index is 0.678. The smallest absolute Gasteiger partial charge is 0.0138 e. The lowest BCUT2D eigenvalue weighted by Crippen LogP contribution is -2.52. The summed E-state index contributed by atoms with van der Waals surface area (Å²) in [5, 5.41) is 4.05. The summed E-state index contributed by atoms with van der Waals surface area (Å²) in [7, 11) is 2.25. The zero-order valence-corrected chi connectivity index (χ0v) is 13.6. The van der Waals surface area contributed by atoms with Crippen molar-refractivity contribution in [2.24, 2.45) is 5.92 Å². The van der Waals surface area contributed by atoms with Gasteiger partial charge >= 0.3 is 0 Å². The predicted octanol–water partition coefficient (Wildman–Crippen LogP) is 3.64. The van der Waals surface area contributed by atoms with E-state index >= 15 is 0 Å². The fourth-order valence-corrected chi connectivity index (χ4v) is 4.31. The van der Waals surface area contributed by atoms with Gasteiger partial charge in [0.15, 0.2) is 0 Å². The average molecular weight is 286 g/mol. The van der Waals surface area contributed by atoms with E-state index in [1.807, 2.05) is 0 Å².